The van der Waals surface area contributed by atoms with Crippen LogP contribution in [0.25, 0.3) is 11.1 Å². The van der Waals surface area contributed by atoms with Crippen LogP contribution in [0.15, 0.2) is 48.5 Å². The van der Waals surface area contributed by atoms with E-state index in [1.165, 1.54) is 0 Å². The lowest BCUT2D eigenvalue weighted by atomic mass is 9.98. The molecular weight excluding hydrogens is 368 g/mol. The molecule has 2 aromatic rings. The molecule has 2 aromatic carbocycles. The Morgan fingerprint density at radius 1 is 1.11 bits per heavy atom. The van der Waals surface area contributed by atoms with Crippen molar-refractivity contribution >= 4 is 23.7 Å². The molecule has 27 heavy (non-hydrogen) atoms. The molecular formula is C20H19ClN2O4. The van der Waals surface area contributed by atoms with Crippen LogP contribution in [-0.4, -0.2) is 53.3 Å². The molecule has 2 aliphatic rings. The average Bonchev–Trinajstić information content (AvgIpc) is 3.00. The Morgan fingerprint density at radius 2 is 1.70 bits per heavy atom. The lowest BCUT2D eigenvalue weighted by Gasteiger charge is -2.35. The highest BCUT2D eigenvalue weighted by Crippen LogP contribution is 2.44. The third-order valence-electron chi connectivity index (χ3n) is 5.14. The number of hydrogen-bond acceptors (Lipinski definition) is 4. The molecule has 7 heteroatoms. The van der Waals surface area contributed by atoms with Crippen LogP contribution >= 0.6 is 11.6 Å². The van der Waals surface area contributed by atoms with Crippen LogP contribution in [0.1, 0.15) is 17.0 Å². The van der Waals surface area contributed by atoms with Gasteiger partial charge < -0.3 is 9.84 Å². The first-order valence-corrected chi connectivity index (χ1v) is 9.22. The van der Waals surface area contributed by atoms with Gasteiger partial charge in [-0.2, -0.15) is 0 Å². The van der Waals surface area contributed by atoms with Gasteiger partial charge in [0.25, 0.3) is 0 Å². The average molecular weight is 387 g/mol. The second-order valence-electron chi connectivity index (χ2n) is 6.68. The van der Waals surface area contributed by atoms with Gasteiger partial charge in [0, 0.05) is 12.5 Å². The van der Waals surface area contributed by atoms with Crippen molar-refractivity contribution in [1.29, 1.82) is 0 Å². The number of esters is 1. The summed E-state index contributed by atoms with van der Waals surface area (Å²) in [7, 11) is 0. The van der Waals surface area contributed by atoms with Crippen molar-refractivity contribution in [2.45, 2.75) is 17.5 Å². The van der Waals surface area contributed by atoms with Gasteiger partial charge in [-0.1, -0.05) is 48.5 Å². The quantitative estimate of drug-likeness (QED) is 0.482. The highest BCUT2D eigenvalue weighted by molar-refractivity contribution is 6.20. The van der Waals surface area contributed by atoms with Gasteiger partial charge in [-0.05, 0) is 22.3 Å². The molecule has 1 amide bonds. The van der Waals surface area contributed by atoms with E-state index < -0.39 is 23.6 Å². The van der Waals surface area contributed by atoms with Crippen LogP contribution in [0.3, 0.4) is 0 Å². The molecule has 0 saturated carbocycles. The fraction of sp³-hybridized carbons (Fsp3) is 0.300. The van der Waals surface area contributed by atoms with Gasteiger partial charge in [0.05, 0.1) is 6.54 Å². The fourth-order valence-electron chi connectivity index (χ4n) is 3.84. The number of carbonyl (C=O) groups is 2. The van der Waals surface area contributed by atoms with Crippen molar-refractivity contribution in [3.8, 4) is 11.1 Å². The van der Waals surface area contributed by atoms with E-state index >= 15 is 0 Å². The zero-order valence-electron chi connectivity index (χ0n) is 14.5. The summed E-state index contributed by atoms with van der Waals surface area (Å²) in [5.74, 6) is -0.618. The number of fused-ring (bicyclic) bond motifs is 3. The Morgan fingerprint density at radius 3 is 2.30 bits per heavy atom. The summed E-state index contributed by atoms with van der Waals surface area (Å²) in [6.45, 7) is 0.337. The predicted octanol–water partition coefficient (Wildman–Crippen LogP) is 2.86. The lowest BCUT2D eigenvalue weighted by Crippen LogP contribution is -2.59. The first kappa shape index (κ1) is 17.8. The number of benzene rings is 2. The van der Waals surface area contributed by atoms with E-state index in [0.717, 1.165) is 27.2 Å². The molecule has 1 aliphatic carbocycles. The number of carbonyl (C=O) groups excluding carboxylic acids is 1. The van der Waals surface area contributed by atoms with Crippen molar-refractivity contribution < 1.29 is 19.4 Å². The number of rotatable bonds is 3. The smallest absolute Gasteiger partial charge is 0.408 e. The summed E-state index contributed by atoms with van der Waals surface area (Å²) >= 11 is 5.95. The number of alkyl halides is 1. The summed E-state index contributed by atoms with van der Waals surface area (Å²) in [6, 6.07) is 15.2. The number of carboxylic acid groups (broad SMARTS) is 1. The standard InChI is InChI=1S/C20H19ClN2O4/c21-18-10-23(20(25)26)17(9-22-18)19(24)27-11-16-14-7-3-1-5-12(14)13-6-2-4-8-15(13)16/h1-8,16-18,22H,9-11H2,(H,25,26). The Hall–Kier alpha value is -2.57. The molecule has 1 fully saturated rings. The minimum Gasteiger partial charge on any atom is -0.465 e. The van der Waals surface area contributed by atoms with E-state index in [1.54, 1.807) is 0 Å². The zero-order valence-corrected chi connectivity index (χ0v) is 15.2. The van der Waals surface area contributed by atoms with Crippen LogP contribution in [0.5, 0.6) is 0 Å². The third-order valence-corrected chi connectivity index (χ3v) is 5.43. The van der Waals surface area contributed by atoms with E-state index in [4.69, 9.17) is 16.3 Å². The van der Waals surface area contributed by atoms with E-state index in [0.29, 0.717) is 0 Å². The number of ether oxygens (including phenoxy) is 1. The first-order valence-electron chi connectivity index (χ1n) is 8.78. The van der Waals surface area contributed by atoms with Crippen LogP contribution in [0, 0.1) is 0 Å². The monoisotopic (exact) mass is 386 g/mol. The number of amides is 1. The normalized spacial score (nSPS) is 21.4. The molecule has 1 aliphatic heterocycles. The Bertz CT molecular complexity index is 842. The van der Waals surface area contributed by atoms with Crippen molar-refractivity contribution in [2.75, 3.05) is 19.7 Å². The summed E-state index contributed by atoms with van der Waals surface area (Å²) in [5, 5.41) is 12.3. The summed E-state index contributed by atoms with van der Waals surface area (Å²) < 4.78 is 5.57. The Balaban J connectivity index is 1.52. The Kier molecular flexibility index (Phi) is 4.76. The van der Waals surface area contributed by atoms with Crippen molar-refractivity contribution in [3.63, 3.8) is 0 Å². The van der Waals surface area contributed by atoms with Crippen molar-refractivity contribution in [2.24, 2.45) is 0 Å². The van der Waals surface area contributed by atoms with E-state index in [2.05, 4.69) is 17.4 Å². The highest BCUT2D eigenvalue weighted by Gasteiger charge is 2.37. The number of hydrogen-bond donors (Lipinski definition) is 2. The van der Waals surface area contributed by atoms with Gasteiger partial charge in [0.15, 0.2) is 0 Å². The molecule has 2 atom stereocenters. The van der Waals surface area contributed by atoms with Gasteiger partial charge in [-0.25, -0.2) is 9.59 Å². The van der Waals surface area contributed by atoms with E-state index in [9.17, 15) is 14.7 Å². The molecule has 6 nitrogen and oxygen atoms in total. The van der Waals surface area contributed by atoms with Gasteiger partial charge in [-0.15, -0.1) is 11.6 Å². The fourth-order valence-corrected chi connectivity index (χ4v) is 4.07. The second kappa shape index (κ2) is 7.21. The van der Waals surface area contributed by atoms with Gasteiger partial charge in [-0.3, -0.25) is 10.2 Å². The number of piperazine rings is 1. The lowest BCUT2D eigenvalue weighted by molar-refractivity contribution is -0.150. The Labute approximate surface area is 161 Å². The van der Waals surface area contributed by atoms with Crippen LogP contribution in [-0.2, 0) is 9.53 Å². The van der Waals surface area contributed by atoms with Gasteiger partial charge >= 0.3 is 12.1 Å². The molecule has 0 spiro atoms. The summed E-state index contributed by atoms with van der Waals surface area (Å²) in [4.78, 5) is 25.1. The number of nitrogens with zero attached hydrogens (tertiary/aromatic N) is 1. The second-order valence-corrected chi connectivity index (χ2v) is 7.21. The predicted molar refractivity (Wildman–Crippen MR) is 101 cm³/mol. The van der Waals surface area contributed by atoms with Gasteiger partial charge in [0.1, 0.15) is 18.1 Å². The maximum atomic E-state index is 12.6. The molecule has 0 aromatic heterocycles. The van der Waals surface area contributed by atoms with Crippen molar-refractivity contribution in [3.05, 3.63) is 59.7 Å². The zero-order chi connectivity index (χ0) is 19.0. The van der Waals surface area contributed by atoms with Crippen LogP contribution in [0.2, 0.25) is 0 Å². The maximum Gasteiger partial charge on any atom is 0.408 e. The minimum atomic E-state index is -1.18. The number of halogens is 1. The first-order chi connectivity index (χ1) is 13.1. The maximum absolute atomic E-state index is 12.6. The SMILES string of the molecule is O=C(OCC1c2ccccc2-c2ccccc21)C1CNC(Cl)CN1C(=O)O. The molecule has 2 N–H and O–H groups in total. The van der Waals surface area contributed by atoms with Crippen LogP contribution < -0.4 is 5.32 Å². The molecule has 140 valence electrons. The van der Waals surface area contributed by atoms with Crippen molar-refractivity contribution in [1.82, 2.24) is 10.2 Å². The molecule has 0 bridgehead atoms. The summed E-state index contributed by atoms with van der Waals surface area (Å²) in [6.07, 6.45) is -1.18. The molecule has 4 rings (SSSR count). The minimum absolute atomic E-state index is 0.0335. The van der Waals surface area contributed by atoms with E-state index in [1.807, 2.05) is 36.4 Å². The highest BCUT2D eigenvalue weighted by atomic mass is 35.5. The number of nitrogens with one attached hydrogen (secondary N) is 1. The molecule has 2 unspecified atom stereocenters. The molecule has 1 saturated heterocycles. The van der Waals surface area contributed by atoms with Gasteiger partial charge in [0.2, 0.25) is 0 Å². The third kappa shape index (κ3) is 3.26. The topological polar surface area (TPSA) is 78.9 Å². The summed E-state index contributed by atoms with van der Waals surface area (Å²) in [5.41, 5.74) is 4.00. The van der Waals surface area contributed by atoms with E-state index in [-0.39, 0.29) is 25.6 Å². The molecule has 1 heterocycles. The largest absolute Gasteiger partial charge is 0.465 e. The van der Waals surface area contributed by atoms with Crippen LogP contribution in [0.4, 0.5) is 4.79 Å². The molecule has 0 radical (unpaired) electrons.